The lowest BCUT2D eigenvalue weighted by atomic mass is 10.1. The van der Waals surface area contributed by atoms with Crippen LogP contribution >= 0.6 is 0 Å². The van der Waals surface area contributed by atoms with Crippen LogP contribution < -0.4 is 0 Å². The Morgan fingerprint density at radius 3 is 2.58 bits per heavy atom. The number of halogens is 1. The molecule has 8 nitrogen and oxygen atoms in total. The van der Waals surface area contributed by atoms with Crippen molar-refractivity contribution in [2.75, 3.05) is 32.6 Å². The Bertz CT molecular complexity index is 1370. The molecule has 0 N–H and O–H groups in total. The van der Waals surface area contributed by atoms with Gasteiger partial charge in [-0.15, -0.1) is 0 Å². The van der Waals surface area contributed by atoms with E-state index in [9.17, 15) is 13.4 Å². The molecular weight excluding hydrogens is 445 g/mol. The molecule has 4 aromatic rings. The van der Waals surface area contributed by atoms with Gasteiger partial charge in [0.2, 0.25) is 5.95 Å². The number of amides is 1. The van der Waals surface area contributed by atoms with Gasteiger partial charge in [0.1, 0.15) is 5.82 Å². The maximum absolute atomic E-state index is 14.1. The molecule has 3 aromatic heterocycles. The first kappa shape index (κ1) is 21.4. The van der Waals surface area contributed by atoms with Crippen LogP contribution in [0.3, 0.4) is 0 Å². The molecule has 1 saturated heterocycles. The van der Waals surface area contributed by atoms with Crippen LogP contribution in [-0.2, 0) is 15.5 Å². The summed E-state index contributed by atoms with van der Waals surface area (Å²) in [5.41, 5.74) is 2.05. The average Bonchev–Trinajstić information content (AvgIpc) is 3.24. The van der Waals surface area contributed by atoms with E-state index in [-0.39, 0.29) is 5.91 Å². The summed E-state index contributed by atoms with van der Waals surface area (Å²) in [5.74, 6) is -0.224. The topological polar surface area (TPSA) is 90.2 Å². The fourth-order valence-corrected chi connectivity index (χ4v) is 4.60. The summed E-state index contributed by atoms with van der Waals surface area (Å²) in [6.07, 6.45) is 9.00. The van der Waals surface area contributed by atoms with Crippen molar-refractivity contribution in [3.05, 3.63) is 66.6 Å². The van der Waals surface area contributed by atoms with Gasteiger partial charge in [0.05, 0.1) is 40.6 Å². The van der Waals surface area contributed by atoms with Crippen LogP contribution in [0.5, 0.6) is 0 Å². The van der Waals surface area contributed by atoms with E-state index in [0.29, 0.717) is 59.4 Å². The lowest BCUT2D eigenvalue weighted by Gasteiger charge is -2.26. The average molecular weight is 466 g/mol. The summed E-state index contributed by atoms with van der Waals surface area (Å²) >= 11 is 0. The van der Waals surface area contributed by atoms with Gasteiger partial charge in [0.25, 0.3) is 5.91 Å². The number of carbonyl (C=O) groups is 1. The maximum atomic E-state index is 14.1. The zero-order valence-corrected chi connectivity index (χ0v) is 18.6. The largest absolute Gasteiger partial charge is 0.378 e. The second kappa shape index (κ2) is 8.80. The molecule has 0 bridgehead atoms. The summed E-state index contributed by atoms with van der Waals surface area (Å²) in [5, 5.41) is 0.752. The van der Waals surface area contributed by atoms with Crippen molar-refractivity contribution < 1.29 is 18.1 Å². The highest BCUT2D eigenvalue weighted by Crippen LogP contribution is 2.28. The predicted molar refractivity (Wildman–Crippen MR) is 121 cm³/mol. The number of ether oxygens (including phenoxy) is 1. The fraction of sp³-hybridized carbons (Fsp3) is 0.217. The molecule has 0 radical (unpaired) electrons. The molecule has 10 heteroatoms. The molecule has 1 aliphatic rings. The number of fused-ring (bicyclic) bond motifs is 1. The summed E-state index contributed by atoms with van der Waals surface area (Å²) in [4.78, 5) is 27.9. The second-order valence-electron chi connectivity index (χ2n) is 7.58. The monoisotopic (exact) mass is 465 g/mol. The Morgan fingerprint density at radius 2 is 1.88 bits per heavy atom. The molecule has 1 aromatic carbocycles. The van der Waals surface area contributed by atoms with Gasteiger partial charge in [0.15, 0.2) is 0 Å². The van der Waals surface area contributed by atoms with Crippen LogP contribution in [0.25, 0.3) is 28.0 Å². The van der Waals surface area contributed by atoms with E-state index in [2.05, 4.69) is 15.0 Å². The first-order valence-corrected chi connectivity index (χ1v) is 11.9. The number of hydrogen-bond acceptors (Lipinski definition) is 6. The summed E-state index contributed by atoms with van der Waals surface area (Å²) < 4.78 is 33.5. The molecule has 1 atom stereocenters. The SMILES string of the molecule is CS(=O)c1cn(-c2ncc(-c3ccncc3F)cn2)c2cc(C(=O)N3CCOCC3)ccc12. The standard InChI is InChI=1S/C23H20FN5O3S/c1-33(31)21-14-29(23-26-11-16(12-27-23)17-4-5-25-13-19(17)24)20-10-15(2-3-18(20)21)22(30)28-6-8-32-9-7-28/h2-5,10-14H,6-9H2,1H3. The number of rotatable bonds is 4. The zero-order chi connectivity index (χ0) is 22.9. The van der Waals surface area contributed by atoms with Crippen molar-refractivity contribution in [3.8, 4) is 17.1 Å². The second-order valence-corrected chi connectivity index (χ2v) is 8.93. The van der Waals surface area contributed by atoms with Crippen molar-refractivity contribution in [1.29, 1.82) is 0 Å². The quantitative estimate of drug-likeness (QED) is 0.460. The molecule has 1 fully saturated rings. The zero-order valence-electron chi connectivity index (χ0n) is 17.8. The first-order valence-electron chi connectivity index (χ1n) is 10.3. The minimum atomic E-state index is -1.26. The van der Waals surface area contributed by atoms with Crippen LogP contribution in [0, 0.1) is 5.82 Å². The molecule has 0 aliphatic carbocycles. The number of pyridine rings is 1. The molecule has 1 amide bonds. The van der Waals surface area contributed by atoms with E-state index in [1.165, 1.54) is 18.6 Å². The van der Waals surface area contributed by atoms with Crippen molar-refractivity contribution in [1.82, 2.24) is 24.4 Å². The van der Waals surface area contributed by atoms with Crippen LogP contribution in [0.15, 0.2) is 60.1 Å². The third-order valence-electron chi connectivity index (χ3n) is 5.56. The van der Waals surface area contributed by atoms with Gasteiger partial charge < -0.3 is 9.64 Å². The molecule has 5 rings (SSSR count). The van der Waals surface area contributed by atoms with E-state index in [4.69, 9.17) is 4.74 Å². The minimum absolute atomic E-state index is 0.0865. The highest BCUT2D eigenvalue weighted by Gasteiger charge is 2.21. The Hall–Kier alpha value is -3.50. The number of carbonyl (C=O) groups excluding carboxylic acids is 1. The summed E-state index contributed by atoms with van der Waals surface area (Å²) in [6, 6.07) is 6.87. The van der Waals surface area contributed by atoms with E-state index >= 15 is 0 Å². The lowest BCUT2D eigenvalue weighted by Crippen LogP contribution is -2.40. The van der Waals surface area contributed by atoms with E-state index in [1.54, 1.807) is 46.2 Å². The molecule has 1 aliphatic heterocycles. The van der Waals surface area contributed by atoms with Gasteiger partial charge in [-0.05, 0) is 18.2 Å². The molecule has 1 unspecified atom stereocenters. The van der Waals surface area contributed by atoms with Crippen LogP contribution in [0.4, 0.5) is 4.39 Å². The van der Waals surface area contributed by atoms with Crippen LogP contribution in [-0.4, -0.2) is 67.1 Å². The number of benzene rings is 1. The molecular formula is C23H20FN5O3S. The third-order valence-corrected chi connectivity index (χ3v) is 6.51. The van der Waals surface area contributed by atoms with Gasteiger partial charge in [-0.1, -0.05) is 6.07 Å². The molecule has 0 spiro atoms. The molecule has 168 valence electrons. The lowest BCUT2D eigenvalue weighted by molar-refractivity contribution is 0.0303. The number of aromatic nitrogens is 4. The summed E-state index contributed by atoms with van der Waals surface area (Å²) in [7, 11) is -1.26. The summed E-state index contributed by atoms with van der Waals surface area (Å²) in [6.45, 7) is 2.11. The van der Waals surface area contributed by atoms with E-state index in [1.807, 2.05) is 0 Å². The Morgan fingerprint density at radius 1 is 1.12 bits per heavy atom. The molecule has 0 saturated carbocycles. The normalized spacial score (nSPS) is 15.0. The van der Waals surface area contributed by atoms with Crippen molar-refractivity contribution >= 4 is 27.6 Å². The highest BCUT2D eigenvalue weighted by atomic mass is 32.2. The number of nitrogens with zero attached hydrogens (tertiary/aromatic N) is 5. The minimum Gasteiger partial charge on any atom is -0.378 e. The van der Waals surface area contributed by atoms with Gasteiger partial charge in [-0.3, -0.25) is 18.6 Å². The van der Waals surface area contributed by atoms with Crippen LogP contribution in [0.1, 0.15) is 10.4 Å². The third kappa shape index (κ3) is 4.03. The Kier molecular flexibility index (Phi) is 5.69. The van der Waals surface area contributed by atoms with E-state index < -0.39 is 16.6 Å². The predicted octanol–water partition coefficient (Wildman–Crippen LogP) is 2.83. The van der Waals surface area contributed by atoms with Crippen molar-refractivity contribution in [2.45, 2.75) is 4.90 Å². The van der Waals surface area contributed by atoms with Gasteiger partial charge in [0, 0.05) is 66.2 Å². The number of morpholine rings is 1. The maximum Gasteiger partial charge on any atom is 0.254 e. The molecule has 33 heavy (non-hydrogen) atoms. The van der Waals surface area contributed by atoms with Gasteiger partial charge in [-0.2, -0.15) is 0 Å². The smallest absolute Gasteiger partial charge is 0.254 e. The highest BCUT2D eigenvalue weighted by molar-refractivity contribution is 7.84. The van der Waals surface area contributed by atoms with Gasteiger partial charge in [-0.25, -0.2) is 14.4 Å². The Labute approximate surface area is 191 Å². The van der Waals surface area contributed by atoms with Crippen molar-refractivity contribution in [3.63, 3.8) is 0 Å². The van der Waals surface area contributed by atoms with Gasteiger partial charge >= 0.3 is 0 Å². The molecule has 4 heterocycles. The van der Waals surface area contributed by atoms with E-state index in [0.717, 1.165) is 11.6 Å². The first-order chi connectivity index (χ1) is 16.0. The van der Waals surface area contributed by atoms with Crippen molar-refractivity contribution in [2.24, 2.45) is 0 Å². The number of hydrogen-bond donors (Lipinski definition) is 0. The van der Waals surface area contributed by atoms with Crippen LogP contribution in [0.2, 0.25) is 0 Å². The Balaban J connectivity index is 1.57. The fourth-order valence-electron chi connectivity index (χ4n) is 3.87.